The van der Waals surface area contributed by atoms with Crippen molar-refractivity contribution in [1.82, 2.24) is 0 Å². The molecule has 0 saturated heterocycles. The molecule has 1 aromatic rings. The number of aliphatic hydroxyl groups is 1. The molecule has 1 aromatic carbocycles. The first kappa shape index (κ1) is 8.70. The minimum Gasteiger partial charge on any atom is -0.395 e. The fourth-order valence-electron chi connectivity index (χ4n) is 1.72. The van der Waals surface area contributed by atoms with E-state index in [0.29, 0.717) is 11.1 Å². The van der Waals surface area contributed by atoms with E-state index in [1.54, 1.807) is 19.1 Å². The lowest BCUT2D eigenvalue weighted by molar-refractivity contribution is 0.252. The molecule has 1 aliphatic carbocycles. The van der Waals surface area contributed by atoms with Gasteiger partial charge in [0.05, 0.1) is 6.61 Å². The van der Waals surface area contributed by atoms with E-state index >= 15 is 0 Å². The molecule has 0 atom stereocenters. The molecular weight excluding hydrogens is 167 g/mol. The Labute approximate surface area is 77.2 Å². The summed E-state index contributed by atoms with van der Waals surface area (Å²) in [5.41, 5.74) is 1.10. The van der Waals surface area contributed by atoms with Crippen molar-refractivity contribution in [2.24, 2.45) is 0 Å². The van der Waals surface area contributed by atoms with Crippen LogP contribution in [-0.4, -0.2) is 11.7 Å². The summed E-state index contributed by atoms with van der Waals surface area (Å²) in [6.07, 6.45) is 1.81. The van der Waals surface area contributed by atoms with Crippen molar-refractivity contribution < 1.29 is 9.50 Å². The van der Waals surface area contributed by atoms with Crippen LogP contribution in [0.4, 0.5) is 4.39 Å². The molecule has 2 heteroatoms. The van der Waals surface area contributed by atoms with E-state index in [4.69, 9.17) is 5.11 Å². The molecule has 0 amide bonds. The quantitative estimate of drug-likeness (QED) is 0.739. The van der Waals surface area contributed by atoms with Crippen molar-refractivity contribution >= 4 is 0 Å². The van der Waals surface area contributed by atoms with Crippen LogP contribution in [0.1, 0.15) is 24.0 Å². The van der Waals surface area contributed by atoms with Crippen molar-refractivity contribution in [3.63, 3.8) is 0 Å². The van der Waals surface area contributed by atoms with E-state index in [-0.39, 0.29) is 17.8 Å². The smallest absolute Gasteiger partial charge is 0.129 e. The molecular formula is C11H13FO. The SMILES string of the molecule is Cc1cccc(C2(CO)CC2)c1F. The molecule has 2 rings (SSSR count). The predicted octanol–water partition coefficient (Wildman–Crippen LogP) is 2.16. The molecule has 1 saturated carbocycles. The first-order valence-corrected chi connectivity index (χ1v) is 4.56. The van der Waals surface area contributed by atoms with Crippen LogP contribution in [0, 0.1) is 12.7 Å². The summed E-state index contributed by atoms with van der Waals surface area (Å²) >= 11 is 0. The Balaban J connectivity index is 2.46. The Morgan fingerprint density at radius 2 is 2.15 bits per heavy atom. The molecule has 0 aliphatic heterocycles. The Kier molecular flexibility index (Phi) is 1.88. The van der Waals surface area contributed by atoms with Gasteiger partial charge in [-0.05, 0) is 30.9 Å². The maximum atomic E-state index is 13.6. The maximum absolute atomic E-state index is 13.6. The summed E-state index contributed by atoms with van der Waals surface area (Å²) in [5.74, 6) is -0.144. The van der Waals surface area contributed by atoms with Gasteiger partial charge in [-0.15, -0.1) is 0 Å². The molecule has 70 valence electrons. The van der Waals surface area contributed by atoms with Gasteiger partial charge in [-0.1, -0.05) is 18.2 Å². The van der Waals surface area contributed by atoms with Gasteiger partial charge in [0.25, 0.3) is 0 Å². The molecule has 0 spiro atoms. The average Bonchev–Trinajstić information content (AvgIpc) is 2.90. The van der Waals surface area contributed by atoms with Crippen LogP contribution in [0.25, 0.3) is 0 Å². The van der Waals surface area contributed by atoms with Gasteiger partial charge in [-0.2, -0.15) is 0 Å². The molecule has 0 bridgehead atoms. The summed E-state index contributed by atoms with van der Waals surface area (Å²) in [7, 11) is 0. The van der Waals surface area contributed by atoms with Gasteiger partial charge < -0.3 is 5.11 Å². The number of aryl methyl sites for hydroxylation is 1. The largest absolute Gasteiger partial charge is 0.395 e. The van der Waals surface area contributed by atoms with Crippen molar-refractivity contribution in [3.05, 3.63) is 35.1 Å². The first-order chi connectivity index (χ1) is 6.19. The summed E-state index contributed by atoms with van der Waals surface area (Å²) in [4.78, 5) is 0. The maximum Gasteiger partial charge on any atom is 0.129 e. The Morgan fingerprint density at radius 3 is 2.69 bits per heavy atom. The van der Waals surface area contributed by atoms with Crippen LogP contribution in [0.15, 0.2) is 18.2 Å². The number of halogens is 1. The minimum atomic E-state index is -0.254. The van der Waals surface area contributed by atoms with Crippen molar-refractivity contribution in [2.75, 3.05) is 6.61 Å². The summed E-state index contributed by atoms with van der Waals surface area (Å²) < 4.78 is 13.6. The average molecular weight is 180 g/mol. The zero-order valence-electron chi connectivity index (χ0n) is 7.68. The lowest BCUT2D eigenvalue weighted by Gasteiger charge is -2.13. The predicted molar refractivity (Wildman–Crippen MR) is 49.1 cm³/mol. The summed E-state index contributed by atoms with van der Waals surface area (Å²) in [6.45, 7) is 1.82. The third kappa shape index (κ3) is 1.25. The lowest BCUT2D eigenvalue weighted by Crippen LogP contribution is -2.14. The number of benzene rings is 1. The highest BCUT2D eigenvalue weighted by molar-refractivity contribution is 5.36. The molecule has 0 unspecified atom stereocenters. The molecule has 0 radical (unpaired) electrons. The minimum absolute atomic E-state index is 0.0629. The van der Waals surface area contributed by atoms with Crippen LogP contribution in [0.5, 0.6) is 0 Å². The van der Waals surface area contributed by atoms with E-state index in [9.17, 15) is 4.39 Å². The first-order valence-electron chi connectivity index (χ1n) is 4.56. The molecule has 1 fully saturated rings. The standard InChI is InChI=1S/C11H13FO/c1-8-3-2-4-9(10(8)12)11(7-13)5-6-11/h2-4,13H,5-7H2,1H3. The van der Waals surface area contributed by atoms with E-state index in [0.717, 1.165) is 12.8 Å². The van der Waals surface area contributed by atoms with Gasteiger partial charge in [0, 0.05) is 5.41 Å². The van der Waals surface area contributed by atoms with Gasteiger partial charge in [-0.25, -0.2) is 4.39 Å². The Morgan fingerprint density at radius 1 is 1.46 bits per heavy atom. The van der Waals surface area contributed by atoms with Crippen LogP contribution in [0.3, 0.4) is 0 Å². The zero-order valence-corrected chi connectivity index (χ0v) is 7.68. The summed E-state index contributed by atoms with van der Waals surface area (Å²) in [5, 5.41) is 9.16. The van der Waals surface area contributed by atoms with Gasteiger partial charge in [0.1, 0.15) is 5.82 Å². The number of aliphatic hydroxyl groups excluding tert-OH is 1. The third-order valence-corrected chi connectivity index (χ3v) is 2.92. The second-order valence-electron chi connectivity index (χ2n) is 3.87. The highest BCUT2D eigenvalue weighted by Crippen LogP contribution is 2.48. The van der Waals surface area contributed by atoms with Gasteiger partial charge in [0.15, 0.2) is 0 Å². The number of hydrogen-bond donors (Lipinski definition) is 1. The highest BCUT2D eigenvalue weighted by atomic mass is 19.1. The fraction of sp³-hybridized carbons (Fsp3) is 0.455. The molecule has 13 heavy (non-hydrogen) atoms. The van der Waals surface area contributed by atoms with Crippen molar-refractivity contribution in [1.29, 1.82) is 0 Å². The molecule has 1 N–H and O–H groups in total. The van der Waals surface area contributed by atoms with Crippen LogP contribution in [0.2, 0.25) is 0 Å². The fourth-order valence-corrected chi connectivity index (χ4v) is 1.72. The lowest BCUT2D eigenvalue weighted by atomic mass is 9.95. The number of rotatable bonds is 2. The highest BCUT2D eigenvalue weighted by Gasteiger charge is 2.45. The monoisotopic (exact) mass is 180 g/mol. The van der Waals surface area contributed by atoms with E-state index < -0.39 is 0 Å². The van der Waals surface area contributed by atoms with Gasteiger partial charge >= 0.3 is 0 Å². The van der Waals surface area contributed by atoms with Crippen LogP contribution in [-0.2, 0) is 5.41 Å². The van der Waals surface area contributed by atoms with Crippen molar-refractivity contribution in [2.45, 2.75) is 25.2 Å². The van der Waals surface area contributed by atoms with Crippen LogP contribution >= 0.6 is 0 Å². The van der Waals surface area contributed by atoms with Gasteiger partial charge in [0.2, 0.25) is 0 Å². The number of hydrogen-bond acceptors (Lipinski definition) is 1. The second-order valence-corrected chi connectivity index (χ2v) is 3.87. The molecule has 0 aromatic heterocycles. The third-order valence-electron chi connectivity index (χ3n) is 2.92. The molecule has 1 nitrogen and oxygen atoms in total. The second kappa shape index (κ2) is 2.81. The molecule has 1 aliphatic rings. The van der Waals surface area contributed by atoms with E-state index in [1.165, 1.54) is 0 Å². The topological polar surface area (TPSA) is 20.2 Å². The Bertz CT molecular complexity index is 329. The molecule has 0 heterocycles. The van der Waals surface area contributed by atoms with E-state index in [1.807, 2.05) is 6.07 Å². The van der Waals surface area contributed by atoms with Crippen LogP contribution < -0.4 is 0 Å². The van der Waals surface area contributed by atoms with E-state index in [2.05, 4.69) is 0 Å². The summed E-state index contributed by atoms with van der Waals surface area (Å²) in [6, 6.07) is 5.39. The normalized spacial score (nSPS) is 18.7. The van der Waals surface area contributed by atoms with Crippen molar-refractivity contribution in [3.8, 4) is 0 Å². The zero-order chi connectivity index (χ0) is 9.47. The van der Waals surface area contributed by atoms with Gasteiger partial charge in [-0.3, -0.25) is 0 Å². The Hall–Kier alpha value is -0.890.